The van der Waals surface area contributed by atoms with Crippen LogP contribution in [0.1, 0.15) is 33.1 Å². The van der Waals surface area contributed by atoms with Crippen molar-refractivity contribution in [3.63, 3.8) is 0 Å². The third kappa shape index (κ3) is 8.58. The smallest absolute Gasteiger partial charge is 0.0587 e. The van der Waals surface area contributed by atoms with Crippen molar-refractivity contribution >= 4 is 0 Å². The van der Waals surface area contributed by atoms with E-state index in [4.69, 9.17) is 9.47 Å². The minimum Gasteiger partial charge on any atom is -0.383 e. The van der Waals surface area contributed by atoms with E-state index in [2.05, 4.69) is 19.2 Å². The molecular weight excluding hydrogens is 214 g/mol. The molecule has 0 spiro atoms. The molecule has 0 aliphatic heterocycles. The summed E-state index contributed by atoms with van der Waals surface area (Å²) in [6.45, 7) is 9.23. The summed E-state index contributed by atoms with van der Waals surface area (Å²) < 4.78 is 10.8. The Labute approximate surface area is 106 Å². The summed E-state index contributed by atoms with van der Waals surface area (Å²) in [6.07, 6.45) is 3.99. The molecule has 1 aliphatic carbocycles. The van der Waals surface area contributed by atoms with E-state index in [1.807, 2.05) is 0 Å². The lowest BCUT2D eigenvalue weighted by Crippen LogP contribution is -2.29. The minimum absolute atomic E-state index is 0.644. The summed E-state index contributed by atoms with van der Waals surface area (Å²) in [5, 5.41) is 3.44. The standard InChI is InChI=1S/C14H29NO2/c1-12(2)8-14(9-15-6-7-16-3)11-17-10-13-4-5-13/h12-15H,4-11H2,1-3H3. The highest BCUT2D eigenvalue weighted by Crippen LogP contribution is 2.29. The second-order valence-corrected chi connectivity index (χ2v) is 5.67. The Hall–Kier alpha value is -0.120. The Morgan fingerprint density at radius 2 is 2.06 bits per heavy atom. The lowest BCUT2D eigenvalue weighted by molar-refractivity contribution is 0.0828. The second-order valence-electron chi connectivity index (χ2n) is 5.67. The minimum atomic E-state index is 0.644. The maximum absolute atomic E-state index is 5.81. The molecule has 0 amide bonds. The summed E-state index contributed by atoms with van der Waals surface area (Å²) in [6, 6.07) is 0. The highest BCUT2D eigenvalue weighted by molar-refractivity contribution is 4.72. The Morgan fingerprint density at radius 3 is 2.65 bits per heavy atom. The topological polar surface area (TPSA) is 30.5 Å². The van der Waals surface area contributed by atoms with Crippen LogP contribution in [0.5, 0.6) is 0 Å². The van der Waals surface area contributed by atoms with Crippen LogP contribution in [0.3, 0.4) is 0 Å². The molecule has 3 nitrogen and oxygen atoms in total. The summed E-state index contributed by atoms with van der Waals surface area (Å²) in [5.74, 6) is 2.26. The number of methoxy groups -OCH3 is 1. The van der Waals surface area contributed by atoms with E-state index in [9.17, 15) is 0 Å². The van der Waals surface area contributed by atoms with Crippen molar-refractivity contribution in [2.24, 2.45) is 17.8 Å². The Morgan fingerprint density at radius 1 is 1.29 bits per heavy atom. The molecule has 1 N–H and O–H groups in total. The lowest BCUT2D eigenvalue weighted by atomic mass is 9.98. The van der Waals surface area contributed by atoms with Crippen LogP contribution in [-0.2, 0) is 9.47 Å². The maximum Gasteiger partial charge on any atom is 0.0587 e. The molecule has 0 bridgehead atoms. The van der Waals surface area contributed by atoms with Crippen LogP contribution in [0, 0.1) is 17.8 Å². The zero-order valence-electron chi connectivity index (χ0n) is 11.7. The van der Waals surface area contributed by atoms with Gasteiger partial charge in [-0.15, -0.1) is 0 Å². The number of nitrogens with one attached hydrogen (secondary N) is 1. The number of hydrogen-bond acceptors (Lipinski definition) is 3. The Balaban J connectivity index is 2.06. The van der Waals surface area contributed by atoms with E-state index >= 15 is 0 Å². The largest absolute Gasteiger partial charge is 0.383 e. The van der Waals surface area contributed by atoms with Gasteiger partial charge in [0, 0.05) is 26.8 Å². The van der Waals surface area contributed by atoms with E-state index in [1.165, 1.54) is 19.3 Å². The molecule has 1 saturated carbocycles. The SMILES string of the molecule is COCCNCC(COCC1CC1)CC(C)C. The molecule has 1 fully saturated rings. The fourth-order valence-corrected chi connectivity index (χ4v) is 2.04. The van der Waals surface area contributed by atoms with E-state index in [1.54, 1.807) is 7.11 Å². The zero-order valence-corrected chi connectivity index (χ0v) is 11.7. The molecule has 3 heteroatoms. The predicted molar refractivity (Wildman–Crippen MR) is 71.2 cm³/mol. The van der Waals surface area contributed by atoms with Crippen molar-refractivity contribution < 1.29 is 9.47 Å². The third-order valence-corrected chi connectivity index (χ3v) is 3.12. The molecule has 102 valence electrons. The van der Waals surface area contributed by atoms with Crippen LogP contribution in [0.2, 0.25) is 0 Å². The van der Waals surface area contributed by atoms with Crippen molar-refractivity contribution in [2.45, 2.75) is 33.1 Å². The first-order valence-electron chi connectivity index (χ1n) is 6.99. The van der Waals surface area contributed by atoms with Gasteiger partial charge in [-0.25, -0.2) is 0 Å². The average molecular weight is 243 g/mol. The van der Waals surface area contributed by atoms with Gasteiger partial charge in [-0.1, -0.05) is 13.8 Å². The summed E-state index contributed by atoms with van der Waals surface area (Å²) in [7, 11) is 1.74. The molecule has 1 unspecified atom stereocenters. The highest BCUT2D eigenvalue weighted by Gasteiger charge is 2.22. The van der Waals surface area contributed by atoms with E-state index in [-0.39, 0.29) is 0 Å². The van der Waals surface area contributed by atoms with E-state index < -0.39 is 0 Å². The molecule has 0 saturated heterocycles. The van der Waals surface area contributed by atoms with Crippen LogP contribution in [-0.4, -0.2) is 40.0 Å². The third-order valence-electron chi connectivity index (χ3n) is 3.12. The van der Waals surface area contributed by atoms with Gasteiger partial charge in [0.25, 0.3) is 0 Å². The average Bonchev–Trinajstić information content (AvgIpc) is 3.07. The van der Waals surface area contributed by atoms with Crippen molar-refractivity contribution in [3.8, 4) is 0 Å². The first-order valence-corrected chi connectivity index (χ1v) is 6.99. The molecule has 0 heterocycles. The van der Waals surface area contributed by atoms with Crippen LogP contribution in [0.15, 0.2) is 0 Å². The molecule has 0 aromatic rings. The van der Waals surface area contributed by atoms with E-state index in [0.717, 1.165) is 44.7 Å². The molecule has 0 aromatic carbocycles. The number of rotatable bonds is 11. The first-order chi connectivity index (χ1) is 8.22. The van der Waals surface area contributed by atoms with Crippen molar-refractivity contribution in [1.29, 1.82) is 0 Å². The van der Waals surface area contributed by atoms with Gasteiger partial charge in [0.2, 0.25) is 0 Å². The summed E-state index contributed by atoms with van der Waals surface area (Å²) in [5.41, 5.74) is 0. The molecule has 17 heavy (non-hydrogen) atoms. The van der Waals surface area contributed by atoms with Gasteiger partial charge in [-0.05, 0) is 37.0 Å². The molecule has 0 radical (unpaired) electrons. The zero-order chi connectivity index (χ0) is 12.5. The van der Waals surface area contributed by atoms with Gasteiger partial charge in [0.05, 0.1) is 13.2 Å². The van der Waals surface area contributed by atoms with Gasteiger partial charge >= 0.3 is 0 Å². The van der Waals surface area contributed by atoms with Crippen molar-refractivity contribution in [2.75, 3.05) is 40.0 Å². The fraction of sp³-hybridized carbons (Fsp3) is 1.00. The van der Waals surface area contributed by atoms with Gasteiger partial charge in [-0.3, -0.25) is 0 Å². The van der Waals surface area contributed by atoms with Crippen LogP contribution >= 0.6 is 0 Å². The Bertz CT molecular complexity index is 181. The Kier molecular flexibility index (Phi) is 7.82. The second kappa shape index (κ2) is 8.90. The quantitative estimate of drug-likeness (QED) is 0.565. The van der Waals surface area contributed by atoms with Gasteiger partial charge < -0.3 is 14.8 Å². The van der Waals surface area contributed by atoms with Crippen molar-refractivity contribution in [3.05, 3.63) is 0 Å². The van der Waals surface area contributed by atoms with Gasteiger partial charge in [-0.2, -0.15) is 0 Å². The molecule has 1 rings (SSSR count). The first kappa shape index (κ1) is 14.9. The number of hydrogen-bond donors (Lipinski definition) is 1. The summed E-state index contributed by atoms with van der Waals surface area (Å²) in [4.78, 5) is 0. The summed E-state index contributed by atoms with van der Waals surface area (Å²) >= 11 is 0. The van der Waals surface area contributed by atoms with Crippen LogP contribution in [0.25, 0.3) is 0 Å². The van der Waals surface area contributed by atoms with Crippen LogP contribution < -0.4 is 5.32 Å². The molecule has 1 atom stereocenters. The highest BCUT2D eigenvalue weighted by atomic mass is 16.5. The predicted octanol–water partition coefficient (Wildman–Crippen LogP) is 2.31. The monoisotopic (exact) mass is 243 g/mol. The van der Waals surface area contributed by atoms with Crippen molar-refractivity contribution in [1.82, 2.24) is 5.32 Å². The molecular formula is C14H29NO2. The maximum atomic E-state index is 5.81. The molecule has 0 aromatic heterocycles. The van der Waals surface area contributed by atoms with Gasteiger partial charge in [0.1, 0.15) is 0 Å². The fourth-order valence-electron chi connectivity index (χ4n) is 2.04. The molecule has 1 aliphatic rings. The van der Waals surface area contributed by atoms with Gasteiger partial charge in [0.15, 0.2) is 0 Å². The normalized spacial score (nSPS) is 17.6. The van der Waals surface area contributed by atoms with Crippen LogP contribution in [0.4, 0.5) is 0 Å². The lowest BCUT2D eigenvalue weighted by Gasteiger charge is -2.19. The number of ether oxygens (including phenoxy) is 2. The van der Waals surface area contributed by atoms with E-state index in [0.29, 0.717) is 5.92 Å².